The van der Waals surface area contributed by atoms with Crippen molar-refractivity contribution < 1.29 is 0 Å². The smallest absolute Gasteiger partial charge is 0.0349 e. The monoisotopic (exact) mass is 350 g/mol. The largest absolute Gasteiger partial charge is 0.244 e. The van der Waals surface area contributed by atoms with Crippen molar-refractivity contribution in [2.45, 2.75) is 18.5 Å². The number of halogens is 2. The molecule has 4 heteroatoms. The number of piperidine rings is 1. The highest BCUT2D eigenvalue weighted by molar-refractivity contribution is 14.1. The molecule has 0 aromatic rings. The van der Waals surface area contributed by atoms with Crippen molar-refractivity contribution in [3.63, 3.8) is 0 Å². The van der Waals surface area contributed by atoms with E-state index in [4.69, 9.17) is 0 Å². The third-order valence-electron chi connectivity index (χ3n) is 2.06. The minimum Gasteiger partial charge on any atom is -0.244 e. The Kier molecular flexibility index (Phi) is 1.92. The molecule has 0 amide bonds. The van der Waals surface area contributed by atoms with E-state index < -0.39 is 0 Å². The van der Waals surface area contributed by atoms with Gasteiger partial charge >= 0.3 is 0 Å². The first-order valence-corrected chi connectivity index (χ1v) is 5.05. The van der Waals surface area contributed by atoms with E-state index in [1.54, 1.807) is 0 Å². The van der Waals surface area contributed by atoms with Gasteiger partial charge in [-0.15, -0.1) is 0 Å². The molecule has 0 aromatic heterocycles. The summed E-state index contributed by atoms with van der Waals surface area (Å²) in [5.41, 5.74) is 0. The van der Waals surface area contributed by atoms with Crippen molar-refractivity contribution in [1.82, 2.24) is 6.23 Å². The highest BCUT2D eigenvalue weighted by Gasteiger charge is 2.42. The molecule has 52 valence electrons. The fourth-order valence-electron chi connectivity index (χ4n) is 1.51. The zero-order valence-corrected chi connectivity index (χ0v) is 9.24. The fourth-order valence-corrected chi connectivity index (χ4v) is 3.23. The van der Waals surface area contributed by atoms with Crippen LogP contribution in [0.4, 0.5) is 0 Å². The quantitative estimate of drug-likeness (QED) is 0.482. The number of hydrogen-bond acceptors (Lipinski definition) is 2. The van der Waals surface area contributed by atoms with Gasteiger partial charge in [0.15, 0.2) is 0 Å². The standard InChI is InChI=1S/C5H8I2N2/c6-8-2-4-1-5(3-8)9(4)7/h4-5H,1-3H2/t4-,5+. The molecule has 3 fully saturated rings. The lowest BCUT2D eigenvalue weighted by atomic mass is 9.93. The molecule has 2 bridgehead atoms. The van der Waals surface area contributed by atoms with Crippen molar-refractivity contribution in [2.75, 3.05) is 13.1 Å². The summed E-state index contributed by atoms with van der Waals surface area (Å²) in [6, 6.07) is 1.72. The minimum absolute atomic E-state index is 0.862. The van der Waals surface area contributed by atoms with Crippen molar-refractivity contribution in [1.29, 1.82) is 0 Å². The van der Waals surface area contributed by atoms with Gasteiger partial charge in [-0.3, -0.25) is 0 Å². The summed E-state index contributed by atoms with van der Waals surface area (Å²) in [5, 5.41) is 0. The van der Waals surface area contributed by atoms with Crippen LogP contribution in [0.25, 0.3) is 0 Å². The molecule has 3 saturated heterocycles. The van der Waals surface area contributed by atoms with E-state index in [2.05, 4.69) is 52.0 Å². The number of rotatable bonds is 0. The summed E-state index contributed by atoms with van der Waals surface area (Å²) in [6.45, 7) is 2.53. The van der Waals surface area contributed by atoms with E-state index in [1.807, 2.05) is 0 Å². The molecule has 3 aliphatic rings. The highest BCUT2D eigenvalue weighted by Crippen LogP contribution is 2.36. The Morgan fingerprint density at radius 1 is 1.11 bits per heavy atom. The van der Waals surface area contributed by atoms with Crippen LogP contribution in [0.2, 0.25) is 0 Å². The predicted octanol–water partition coefficient (Wildman–Crippen LogP) is 1.44. The van der Waals surface area contributed by atoms with E-state index in [1.165, 1.54) is 19.5 Å². The van der Waals surface area contributed by atoms with Gasteiger partial charge in [-0.1, -0.05) is 0 Å². The second-order valence-corrected chi connectivity index (χ2v) is 5.19. The fraction of sp³-hybridized carbons (Fsp3) is 1.00. The van der Waals surface area contributed by atoms with Crippen LogP contribution in [0.5, 0.6) is 0 Å². The average Bonchev–Trinajstić information content (AvgIpc) is 1.87. The number of hydrogen-bond donors (Lipinski definition) is 0. The van der Waals surface area contributed by atoms with Gasteiger partial charge in [0.2, 0.25) is 0 Å². The molecular formula is C5H8I2N2. The summed E-state index contributed by atoms with van der Waals surface area (Å²) in [5.74, 6) is 0. The molecule has 0 saturated carbocycles. The van der Waals surface area contributed by atoms with Crippen molar-refractivity contribution in [3.8, 4) is 0 Å². The number of nitrogens with zero attached hydrogens (tertiary/aromatic N) is 2. The van der Waals surface area contributed by atoms with Gasteiger partial charge in [0.1, 0.15) is 0 Å². The first-order chi connectivity index (χ1) is 4.27. The van der Waals surface area contributed by atoms with Gasteiger partial charge in [0.05, 0.1) is 0 Å². The van der Waals surface area contributed by atoms with Crippen LogP contribution < -0.4 is 0 Å². The molecule has 0 aliphatic carbocycles. The lowest BCUT2D eigenvalue weighted by molar-refractivity contribution is 0.0700. The summed E-state index contributed by atoms with van der Waals surface area (Å²) < 4.78 is 4.86. The molecule has 2 nitrogen and oxygen atoms in total. The van der Waals surface area contributed by atoms with Gasteiger partial charge in [-0.2, -0.15) is 0 Å². The Balaban J connectivity index is 2.01. The maximum atomic E-state index is 2.47. The van der Waals surface area contributed by atoms with Gasteiger partial charge in [-0.05, 0) is 6.42 Å². The van der Waals surface area contributed by atoms with Crippen LogP contribution in [0, 0.1) is 0 Å². The van der Waals surface area contributed by atoms with E-state index >= 15 is 0 Å². The maximum absolute atomic E-state index is 2.47. The molecular weight excluding hydrogens is 342 g/mol. The van der Waals surface area contributed by atoms with Crippen LogP contribution in [-0.2, 0) is 0 Å². The number of fused-ring (bicyclic) bond motifs is 2. The summed E-state index contributed by atoms with van der Waals surface area (Å²) >= 11 is 4.86. The maximum Gasteiger partial charge on any atom is 0.0349 e. The number of piperazine rings is 1. The van der Waals surface area contributed by atoms with E-state index in [-0.39, 0.29) is 0 Å². The van der Waals surface area contributed by atoms with E-state index in [0.717, 1.165) is 12.1 Å². The van der Waals surface area contributed by atoms with Crippen molar-refractivity contribution >= 4 is 45.7 Å². The summed E-state index contributed by atoms with van der Waals surface area (Å²) in [4.78, 5) is 0. The zero-order valence-electron chi connectivity index (χ0n) is 4.93. The van der Waals surface area contributed by atoms with Crippen molar-refractivity contribution in [3.05, 3.63) is 0 Å². The minimum atomic E-state index is 0.862. The molecule has 0 radical (unpaired) electrons. The van der Waals surface area contributed by atoms with Crippen molar-refractivity contribution in [2.24, 2.45) is 0 Å². The lowest BCUT2D eigenvalue weighted by Crippen LogP contribution is -2.62. The molecule has 0 unspecified atom stereocenters. The normalized spacial score (nSPS) is 44.7. The molecule has 2 atom stereocenters. The van der Waals surface area contributed by atoms with Crippen LogP contribution in [-0.4, -0.2) is 31.4 Å². The van der Waals surface area contributed by atoms with Gasteiger partial charge in [0.25, 0.3) is 0 Å². The topological polar surface area (TPSA) is 6.48 Å². The predicted molar refractivity (Wildman–Crippen MR) is 53.6 cm³/mol. The summed E-state index contributed by atoms with van der Waals surface area (Å²) in [7, 11) is 0. The zero-order chi connectivity index (χ0) is 6.43. The van der Waals surface area contributed by atoms with Gasteiger partial charge in [-0.25, -0.2) is 6.23 Å². The van der Waals surface area contributed by atoms with Gasteiger partial charge in [0, 0.05) is 70.9 Å². The van der Waals surface area contributed by atoms with E-state index in [9.17, 15) is 0 Å². The highest BCUT2D eigenvalue weighted by atomic mass is 127. The first-order valence-electron chi connectivity index (χ1n) is 3.12. The molecule has 3 heterocycles. The van der Waals surface area contributed by atoms with Crippen LogP contribution in [0.3, 0.4) is 0 Å². The average molecular weight is 350 g/mol. The Morgan fingerprint density at radius 3 is 2.00 bits per heavy atom. The Morgan fingerprint density at radius 2 is 1.67 bits per heavy atom. The van der Waals surface area contributed by atoms with Crippen LogP contribution in [0.1, 0.15) is 6.42 Å². The molecule has 3 rings (SSSR count). The molecule has 0 aromatic carbocycles. The van der Waals surface area contributed by atoms with Crippen LogP contribution in [0.15, 0.2) is 0 Å². The Bertz CT molecular complexity index is 118. The third-order valence-corrected chi connectivity index (χ3v) is 4.42. The van der Waals surface area contributed by atoms with Gasteiger partial charge < -0.3 is 0 Å². The Hall–Kier alpha value is 1.38. The molecule has 3 aliphatic heterocycles. The SMILES string of the molecule is IN1C[C@H]2C[C@@H](C1)N2I. The molecule has 9 heavy (non-hydrogen) atoms. The van der Waals surface area contributed by atoms with Crippen LogP contribution >= 0.6 is 45.7 Å². The van der Waals surface area contributed by atoms with E-state index in [0.29, 0.717) is 0 Å². The Labute approximate surface area is 82.9 Å². The molecule has 0 N–H and O–H groups in total. The first kappa shape index (κ1) is 7.05. The lowest BCUT2D eigenvalue weighted by Gasteiger charge is -2.51. The summed E-state index contributed by atoms with van der Waals surface area (Å²) in [6.07, 6.45) is 1.43. The molecule has 0 spiro atoms. The second kappa shape index (κ2) is 2.46. The third kappa shape index (κ3) is 1.12. The second-order valence-electron chi connectivity index (χ2n) is 2.72.